The van der Waals surface area contributed by atoms with Gasteiger partial charge in [0.2, 0.25) is 5.91 Å². The first-order valence-electron chi connectivity index (χ1n) is 2.75. The summed E-state index contributed by atoms with van der Waals surface area (Å²) in [5.74, 6) is -2.67. The molecule has 0 bridgehead atoms. The summed E-state index contributed by atoms with van der Waals surface area (Å²) in [4.78, 5) is 20.7. The van der Waals surface area contributed by atoms with Crippen molar-refractivity contribution < 1.29 is 24.4 Å². The highest BCUT2D eigenvalue weighted by atomic mass is 32.2. The molecule has 7 nitrogen and oxygen atoms in total. The van der Waals surface area contributed by atoms with Crippen LogP contribution in [0.15, 0.2) is 0 Å². The molecule has 70 valence electrons. The Kier molecular flexibility index (Phi) is 3.96. The van der Waals surface area contributed by atoms with Gasteiger partial charge in [-0.1, -0.05) is 0 Å². The van der Waals surface area contributed by atoms with Gasteiger partial charge >= 0.3 is 11.0 Å². The molecule has 0 aliphatic rings. The Bertz CT molecular complexity index is 198. The predicted molar refractivity (Wildman–Crippen MR) is 40.0 cm³/mol. The number of carboxylic acids is 1. The second-order valence-corrected chi connectivity index (χ2v) is 2.57. The van der Waals surface area contributed by atoms with Crippen molar-refractivity contribution in [2.24, 2.45) is 5.73 Å². The fraction of sp³-hybridized carbons (Fsp3) is 0.500. The lowest BCUT2D eigenvalue weighted by Gasteiger charge is -2.19. The number of carbonyl (C=O) groups is 2. The van der Waals surface area contributed by atoms with Gasteiger partial charge in [0, 0.05) is 0 Å². The van der Waals surface area contributed by atoms with Crippen LogP contribution in [-0.2, 0) is 9.59 Å². The minimum Gasteiger partial charge on any atom is -0.477 e. The maximum Gasteiger partial charge on any atom is 0.371 e. The molecule has 8 heteroatoms. The average molecular weight is 196 g/mol. The van der Waals surface area contributed by atoms with E-state index in [2.05, 4.69) is 0 Å². The maximum absolute atomic E-state index is 10.5. The van der Waals surface area contributed by atoms with E-state index in [1.54, 1.807) is 5.32 Å². The molecule has 0 aliphatic heterocycles. The van der Waals surface area contributed by atoms with E-state index in [9.17, 15) is 9.59 Å². The van der Waals surface area contributed by atoms with E-state index in [1.165, 1.54) is 0 Å². The van der Waals surface area contributed by atoms with Crippen LogP contribution in [0.4, 0.5) is 0 Å². The third-order valence-electron chi connectivity index (χ3n) is 0.916. The first kappa shape index (κ1) is 11.2. The van der Waals surface area contributed by atoms with Gasteiger partial charge in [0.05, 0.1) is 18.6 Å². The number of rotatable bonds is 4. The molecular weight excluding hydrogens is 188 g/mol. The monoisotopic (exact) mass is 196 g/mol. The molecular formula is C4H8N2O5S. The highest BCUT2D eigenvalue weighted by Gasteiger charge is 2.38. The van der Waals surface area contributed by atoms with E-state index in [4.69, 9.17) is 20.5 Å². The SMILES string of the molecule is NCC(=O)NC(O)(SO)C(=O)O. The number of carbonyl (C=O) groups excluding carboxylic acids is 1. The zero-order chi connectivity index (χ0) is 9.78. The minimum absolute atomic E-state index is 0.407. The van der Waals surface area contributed by atoms with Crippen molar-refractivity contribution in [3.05, 3.63) is 0 Å². The average Bonchev–Trinajstić information content (AvgIpc) is 2.03. The van der Waals surface area contributed by atoms with Crippen molar-refractivity contribution in [3.8, 4) is 0 Å². The van der Waals surface area contributed by atoms with E-state index >= 15 is 0 Å². The van der Waals surface area contributed by atoms with Gasteiger partial charge in [-0.2, -0.15) is 0 Å². The van der Waals surface area contributed by atoms with Crippen LogP contribution in [0.3, 0.4) is 0 Å². The smallest absolute Gasteiger partial charge is 0.371 e. The number of aliphatic hydroxyl groups is 1. The molecule has 0 radical (unpaired) electrons. The van der Waals surface area contributed by atoms with Crippen LogP contribution in [0, 0.1) is 0 Å². The summed E-state index contributed by atoms with van der Waals surface area (Å²) in [5.41, 5.74) is 4.83. The highest BCUT2D eigenvalue weighted by molar-refractivity contribution is 7.95. The van der Waals surface area contributed by atoms with E-state index in [0.29, 0.717) is 0 Å². The zero-order valence-corrected chi connectivity index (χ0v) is 6.67. The van der Waals surface area contributed by atoms with Crippen LogP contribution in [0.1, 0.15) is 0 Å². The van der Waals surface area contributed by atoms with Crippen molar-refractivity contribution in [2.75, 3.05) is 6.54 Å². The number of hydrogen-bond donors (Lipinski definition) is 5. The van der Waals surface area contributed by atoms with Crippen LogP contribution in [-0.4, -0.2) is 38.2 Å². The Morgan fingerprint density at radius 2 is 2.08 bits per heavy atom. The van der Waals surface area contributed by atoms with Crippen molar-refractivity contribution in [1.29, 1.82) is 0 Å². The van der Waals surface area contributed by atoms with E-state index in [0.717, 1.165) is 0 Å². The molecule has 0 fully saturated rings. The number of amides is 1. The van der Waals surface area contributed by atoms with Crippen molar-refractivity contribution in [3.63, 3.8) is 0 Å². The molecule has 0 rings (SSSR count). The summed E-state index contributed by atoms with van der Waals surface area (Å²) in [6.45, 7) is -0.476. The maximum atomic E-state index is 10.5. The van der Waals surface area contributed by atoms with Crippen LogP contribution >= 0.6 is 12.0 Å². The molecule has 1 atom stereocenters. The summed E-state index contributed by atoms with van der Waals surface area (Å²) in [7, 11) is 0. The second-order valence-electron chi connectivity index (χ2n) is 1.79. The number of aliphatic carboxylic acids is 1. The molecule has 0 saturated heterocycles. The Balaban J connectivity index is 4.34. The van der Waals surface area contributed by atoms with Crippen molar-refractivity contribution in [1.82, 2.24) is 5.32 Å². The molecule has 6 N–H and O–H groups in total. The highest BCUT2D eigenvalue weighted by Crippen LogP contribution is 2.14. The molecule has 0 saturated carbocycles. The van der Waals surface area contributed by atoms with Crippen molar-refractivity contribution >= 4 is 23.9 Å². The lowest BCUT2D eigenvalue weighted by atomic mass is 10.5. The van der Waals surface area contributed by atoms with Crippen LogP contribution in [0.5, 0.6) is 0 Å². The topological polar surface area (TPSA) is 133 Å². The van der Waals surface area contributed by atoms with Gasteiger partial charge in [0.1, 0.15) is 0 Å². The van der Waals surface area contributed by atoms with Gasteiger partial charge in [0.15, 0.2) is 0 Å². The lowest BCUT2D eigenvalue weighted by molar-refractivity contribution is -0.154. The normalized spacial score (nSPS) is 14.9. The minimum atomic E-state index is -2.73. The molecule has 0 aliphatic carbocycles. The summed E-state index contributed by atoms with van der Waals surface area (Å²) >= 11 is -0.407. The number of hydrogen-bond acceptors (Lipinski definition) is 6. The standard InChI is InChI=1S/C4H8N2O5S/c5-1-2(7)6-4(10,12-11)3(8)9/h10-11H,1,5H2,(H,6,7)(H,8,9). The fourth-order valence-electron chi connectivity index (χ4n) is 0.355. The molecule has 0 spiro atoms. The molecule has 1 unspecified atom stereocenters. The van der Waals surface area contributed by atoms with E-state index in [-0.39, 0.29) is 0 Å². The Morgan fingerprint density at radius 1 is 1.58 bits per heavy atom. The quantitative estimate of drug-likeness (QED) is 0.259. The van der Waals surface area contributed by atoms with Gasteiger partial charge in [-0.3, -0.25) is 4.79 Å². The fourth-order valence-corrected chi connectivity index (χ4v) is 0.593. The molecule has 0 aromatic carbocycles. The largest absolute Gasteiger partial charge is 0.477 e. The molecule has 0 aromatic rings. The number of nitrogens with one attached hydrogen (secondary N) is 1. The number of nitrogens with two attached hydrogens (primary N) is 1. The summed E-state index contributed by atoms with van der Waals surface area (Å²) < 4.78 is 8.33. The Labute approximate surface area is 71.8 Å². The first-order chi connectivity index (χ1) is 5.46. The molecule has 0 aromatic heterocycles. The number of carboxylic acid groups (broad SMARTS) is 1. The molecule has 12 heavy (non-hydrogen) atoms. The third-order valence-corrected chi connectivity index (χ3v) is 1.46. The lowest BCUT2D eigenvalue weighted by Crippen LogP contribution is -2.53. The first-order valence-corrected chi connectivity index (χ1v) is 3.53. The predicted octanol–water partition coefficient (Wildman–Crippen LogP) is -2.00. The Morgan fingerprint density at radius 3 is 2.33 bits per heavy atom. The van der Waals surface area contributed by atoms with Gasteiger partial charge in [-0.25, -0.2) is 4.79 Å². The van der Waals surface area contributed by atoms with E-state index in [1.807, 2.05) is 0 Å². The zero-order valence-electron chi connectivity index (χ0n) is 5.85. The van der Waals surface area contributed by atoms with Gasteiger partial charge in [-0.05, 0) is 0 Å². The third kappa shape index (κ3) is 2.66. The Hall–Kier alpha value is -0.830. The summed E-state index contributed by atoms with van der Waals surface area (Å²) in [6.07, 6.45) is 0. The van der Waals surface area contributed by atoms with E-state index < -0.39 is 35.5 Å². The molecule has 1 amide bonds. The summed E-state index contributed by atoms with van der Waals surface area (Å²) in [5, 5.41) is 16.1. The van der Waals surface area contributed by atoms with Gasteiger partial charge in [-0.15, -0.1) is 0 Å². The molecule has 0 heterocycles. The van der Waals surface area contributed by atoms with Crippen molar-refractivity contribution in [2.45, 2.75) is 5.06 Å². The van der Waals surface area contributed by atoms with Crippen LogP contribution in [0.2, 0.25) is 0 Å². The van der Waals surface area contributed by atoms with Crippen LogP contribution < -0.4 is 11.1 Å². The van der Waals surface area contributed by atoms with Gasteiger partial charge < -0.3 is 25.8 Å². The van der Waals surface area contributed by atoms with Crippen LogP contribution in [0.25, 0.3) is 0 Å². The second kappa shape index (κ2) is 4.26. The van der Waals surface area contributed by atoms with Gasteiger partial charge in [0.25, 0.3) is 0 Å². The summed E-state index contributed by atoms with van der Waals surface area (Å²) in [6, 6.07) is 0.